The molecule has 0 atom stereocenters. The molecule has 0 aliphatic heterocycles. The Bertz CT molecular complexity index is 966. The molecule has 0 aliphatic rings. The van der Waals surface area contributed by atoms with Gasteiger partial charge in [-0.05, 0) is 13.3 Å². The van der Waals surface area contributed by atoms with Crippen LogP contribution in [0.4, 0.5) is 17.4 Å². The molecule has 160 valence electrons. The van der Waals surface area contributed by atoms with E-state index >= 15 is 0 Å². The zero-order chi connectivity index (χ0) is 21.8. The van der Waals surface area contributed by atoms with Gasteiger partial charge in [-0.25, -0.2) is 4.79 Å². The van der Waals surface area contributed by atoms with Gasteiger partial charge >= 0.3 is 5.69 Å². The molecule has 0 radical (unpaired) electrons. The predicted octanol–water partition coefficient (Wildman–Crippen LogP) is 1.67. The number of rotatable bonds is 8. The summed E-state index contributed by atoms with van der Waals surface area (Å²) in [6, 6.07) is 1.67. The SMILES string of the molecule is CCCCn1c(N)c(N(CC)CC(=O)Nc2cc(C(C)(C)C)no2)c(=O)[nH]c1=O. The van der Waals surface area contributed by atoms with Crippen molar-refractivity contribution in [3.05, 3.63) is 32.6 Å². The number of nitrogens with two attached hydrogens (primary N) is 1. The summed E-state index contributed by atoms with van der Waals surface area (Å²) < 4.78 is 6.50. The fourth-order valence-electron chi connectivity index (χ4n) is 2.81. The second kappa shape index (κ2) is 8.97. The van der Waals surface area contributed by atoms with E-state index in [-0.39, 0.29) is 29.3 Å². The number of carbonyl (C=O) groups is 1. The van der Waals surface area contributed by atoms with Crippen LogP contribution in [0.5, 0.6) is 0 Å². The van der Waals surface area contributed by atoms with Crippen molar-refractivity contribution in [3.8, 4) is 0 Å². The van der Waals surface area contributed by atoms with E-state index in [1.165, 1.54) is 9.47 Å². The Morgan fingerprint density at radius 3 is 2.59 bits per heavy atom. The highest BCUT2D eigenvalue weighted by molar-refractivity contribution is 5.93. The van der Waals surface area contributed by atoms with E-state index in [2.05, 4.69) is 15.5 Å². The summed E-state index contributed by atoms with van der Waals surface area (Å²) in [5.74, 6) is -0.115. The lowest BCUT2D eigenvalue weighted by Crippen LogP contribution is -2.41. The van der Waals surface area contributed by atoms with E-state index in [0.29, 0.717) is 18.8 Å². The fourth-order valence-corrected chi connectivity index (χ4v) is 2.81. The molecule has 2 rings (SSSR count). The predicted molar refractivity (Wildman–Crippen MR) is 112 cm³/mol. The van der Waals surface area contributed by atoms with Gasteiger partial charge in [0.25, 0.3) is 5.56 Å². The Hall–Kier alpha value is -3.04. The summed E-state index contributed by atoms with van der Waals surface area (Å²) in [6.45, 7) is 10.3. The maximum Gasteiger partial charge on any atom is 0.330 e. The van der Waals surface area contributed by atoms with Gasteiger partial charge < -0.3 is 15.2 Å². The summed E-state index contributed by atoms with van der Waals surface area (Å²) in [7, 11) is 0. The molecule has 4 N–H and O–H groups in total. The summed E-state index contributed by atoms with van der Waals surface area (Å²) >= 11 is 0. The van der Waals surface area contributed by atoms with Crippen LogP contribution >= 0.6 is 0 Å². The molecule has 0 aliphatic carbocycles. The number of nitrogen functional groups attached to an aromatic ring is 1. The molecule has 0 unspecified atom stereocenters. The highest BCUT2D eigenvalue weighted by atomic mass is 16.5. The van der Waals surface area contributed by atoms with Gasteiger partial charge in [0.05, 0.1) is 12.2 Å². The van der Waals surface area contributed by atoms with Gasteiger partial charge in [0, 0.05) is 24.6 Å². The third-order valence-corrected chi connectivity index (χ3v) is 4.52. The second-order valence-corrected chi connectivity index (χ2v) is 7.89. The number of hydrogen-bond donors (Lipinski definition) is 3. The van der Waals surface area contributed by atoms with Gasteiger partial charge in [-0.1, -0.05) is 39.3 Å². The molecule has 10 heteroatoms. The lowest BCUT2D eigenvalue weighted by atomic mass is 9.92. The number of amides is 1. The highest BCUT2D eigenvalue weighted by Gasteiger charge is 2.22. The lowest BCUT2D eigenvalue weighted by Gasteiger charge is -2.24. The number of unbranched alkanes of at least 4 members (excludes halogenated alkanes) is 1. The first kappa shape index (κ1) is 22.3. The van der Waals surface area contributed by atoms with Crippen molar-refractivity contribution in [1.82, 2.24) is 14.7 Å². The molecule has 0 fully saturated rings. The van der Waals surface area contributed by atoms with Crippen molar-refractivity contribution in [2.75, 3.05) is 29.0 Å². The quantitative estimate of drug-likeness (QED) is 0.606. The van der Waals surface area contributed by atoms with E-state index in [4.69, 9.17) is 10.3 Å². The van der Waals surface area contributed by atoms with Crippen molar-refractivity contribution < 1.29 is 9.32 Å². The van der Waals surface area contributed by atoms with Crippen molar-refractivity contribution >= 4 is 23.3 Å². The van der Waals surface area contributed by atoms with Gasteiger partial charge in [-0.15, -0.1) is 0 Å². The first-order valence-corrected chi connectivity index (χ1v) is 9.73. The maximum absolute atomic E-state index is 12.5. The standard InChI is InChI=1S/C19H30N6O4/c1-6-8-9-25-16(20)15(17(27)22-18(25)28)24(7-2)11-13(26)21-14-10-12(23-29-14)19(3,4)5/h10H,6-9,11,20H2,1-5H3,(H,21,26)(H,22,27,28). The fraction of sp³-hybridized carbons (Fsp3) is 0.579. The molecule has 2 aromatic rings. The van der Waals surface area contributed by atoms with Crippen molar-refractivity contribution in [2.45, 2.75) is 59.4 Å². The smallest absolute Gasteiger partial charge is 0.330 e. The van der Waals surface area contributed by atoms with Gasteiger partial charge in [0.15, 0.2) is 0 Å². The van der Waals surface area contributed by atoms with Gasteiger partial charge in [-0.3, -0.25) is 24.5 Å². The average Bonchev–Trinajstić information content (AvgIpc) is 3.09. The van der Waals surface area contributed by atoms with E-state index < -0.39 is 17.2 Å². The zero-order valence-electron chi connectivity index (χ0n) is 17.7. The van der Waals surface area contributed by atoms with Crippen LogP contribution in [0.1, 0.15) is 53.2 Å². The summed E-state index contributed by atoms with van der Waals surface area (Å²) in [6.07, 6.45) is 1.61. The first-order chi connectivity index (χ1) is 13.6. The minimum absolute atomic E-state index is 0.0523. The number of H-pyrrole nitrogens is 1. The molecular weight excluding hydrogens is 376 g/mol. The molecule has 1 amide bonds. The molecule has 0 aromatic carbocycles. The number of carbonyl (C=O) groups excluding carboxylic acids is 1. The molecule has 0 bridgehead atoms. The van der Waals surface area contributed by atoms with Gasteiger partial charge in [-0.2, -0.15) is 0 Å². The van der Waals surface area contributed by atoms with E-state index in [1.54, 1.807) is 13.0 Å². The number of hydrogen-bond acceptors (Lipinski definition) is 7. The lowest BCUT2D eigenvalue weighted by molar-refractivity contribution is -0.115. The van der Waals surface area contributed by atoms with Crippen LogP contribution in [0.25, 0.3) is 0 Å². The third kappa shape index (κ3) is 5.27. The van der Waals surface area contributed by atoms with Crippen LogP contribution < -0.4 is 27.2 Å². The maximum atomic E-state index is 12.5. The number of aromatic amines is 1. The Balaban J connectivity index is 2.23. The average molecular weight is 406 g/mol. The normalized spacial score (nSPS) is 11.5. The van der Waals surface area contributed by atoms with Crippen LogP contribution in [0.15, 0.2) is 20.2 Å². The Labute approximate surface area is 169 Å². The van der Waals surface area contributed by atoms with E-state index in [0.717, 1.165) is 12.8 Å². The topological polar surface area (TPSA) is 139 Å². The number of nitrogens with one attached hydrogen (secondary N) is 2. The van der Waals surface area contributed by atoms with Crippen LogP contribution in [-0.4, -0.2) is 33.7 Å². The summed E-state index contributed by atoms with van der Waals surface area (Å²) in [4.78, 5) is 40.8. The molecule has 10 nitrogen and oxygen atoms in total. The molecule has 0 saturated carbocycles. The molecule has 0 saturated heterocycles. The minimum atomic E-state index is -0.621. The van der Waals surface area contributed by atoms with Crippen molar-refractivity contribution in [2.24, 2.45) is 0 Å². The Kier molecular flexibility index (Phi) is 6.89. The Morgan fingerprint density at radius 1 is 1.34 bits per heavy atom. The number of anilines is 3. The molecule has 2 heterocycles. The molecular formula is C19H30N6O4. The van der Waals surface area contributed by atoms with Crippen LogP contribution in [-0.2, 0) is 16.8 Å². The van der Waals surface area contributed by atoms with Gasteiger partial charge in [0.1, 0.15) is 11.5 Å². The van der Waals surface area contributed by atoms with Gasteiger partial charge in [0.2, 0.25) is 11.8 Å². The summed E-state index contributed by atoms with van der Waals surface area (Å²) in [5, 5.41) is 6.60. The molecule has 2 aromatic heterocycles. The van der Waals surface area contributed by atoms with Crippen molar-refractivity contribution in [3.63, 3.8) is 0 Å². The number of aromatic nitrogens is 3. The largest absolute Gasteiger partial charge is 0.383 e. The van der Waals surface area contributed by atoms with Crippen LogP contribution in [0.3, 0.4) is 0 Å². The Morgan fingerprint density at radius 2 is 2.03 bits per heavy atom. The zero-order valence-corrected chi connectivity index (χ0v) is 17.7. The molecule has 29 heavy (non-hydrogen) atoms. The third-order valence-electron chi connectivity index (χ3n) is 4.52. The first-order valence-electron chi connectivity index (χ1n) is 9.73. The van der Waals surface area contributed by atoms with Crippen LogP contribution in [0.2, 0.25) is 0 Å². The van der Waals surface area contributed by atoms with E-state index in [1.807, 2.05) is 27.7 Å². The van der Waals surface area contributed by atoms with Crippen LogP contribution in [0, 0.1) is 0 Å². The monoisotopic (exact) mass is 406 g/mol. The second-order valence-electron chi connectivity index (χ2n) is 7.89. The number of likely N-dealkylation sites (N-methyl/N-ethyl adjacent to an activating group) is 1. The highest BCUT2D eigenvalue weighted by Crippen LogP contribution is 2.23. The van der Waals surface area contributed by atoms with Crippen molar-refractivity contribution in [1.29, 1.82) is 0 Å². The molecule has 0 spiro atoms. The minimum Gasteiger partial charge on any atom is -0.383 e. The number of nitrogens with zero attached hydrogens (tertiary/aromatic N) is 3. The summed E-state index contributed by atoms with van der Waals surface area (Å²) in [5.41, 5.74) is 5.55. The van der Waals surface area contributed by atoms with E-state index in [9.17, 15) is 14.4 Å².